The van der Waals surface area contributed by atoms with Crippen LogP contribution in [0.3, 0.4) is 0 Å². The maximum Gasteiger partial charge on any atom is 0.226 e. The Morgan fingerprint density at radius 1 is 1.32 bits per heavy atom. The van der Waals surface area contributed by atoms with Crippen molar-refractivity contribution in [2.75, 3.05) is 6.61 Å². The second-order valence-corrected chi connectivity index (χ2v) is 6.78. The predicted molar refractivity (Wildman–Crippen MR) is 89.6 cm³/mol. The van der Waals surface area contributed by atoms with E-state index < -0.39 is 0 Å². The van der Waals surface area contributed by atoms with E-state index in [4.69, 9.17) is 4.74 Å². The number of rotatable bonds is 4. The number of aromatic nitrogens is 3. The zero-order valence-electron chi connectivity index (χ0n) is 14.0. The van der Waals surface area contributed by atoms with Crippen LogP contribution >= 0.6 is 0 Å². The topological polar surface area (TPSA) is 80.5 Å². The minimum absolute atomic E-state index is 0.0212. The first-order valence-corrected chi connectivity index (χ1v) is 8.73. The summed E-state index contributed by atoms with van der Waals surface area (Å²) < 4.78 is 7.83. The largest absolute Gasteiger partial charge is 0.490 e. The smallest absolute Gasteiger partial charge is 0.226 e. The lowest BCUT2D eigenvalue weighted by Gasteiger charge is -2.37. The van der Waals surface area contributed by atoms with Gasteiger partial charge in [-0.25, -0.2) is 0 Å². The maximum atomic E-state index is 12.9. The number of carbonyl (C=O) groups excluding carboxylic acids is 1. The van der Waals surface area contributed by atoms with Crippen molar-refractivity contribution in [1.29, 1.82) is 0 Å². The van der Waals surface area contributed by atoms with Gasteiger partial charge in [-0.05, 0) is 37.5 Å². The Balaban J connectivity index is 1.50. The molecule has 0 bridgehead atoms. The minimum atomic E-state index is -0.337. The van der Waals surface area contributed by atoms with Crippen molar-refractivity contribution in [1.82, 2.24) is 19.7 Å². The van der Waals surface area contributed by atoms with Crippen molar-refractivity contribution < 1.29 is 14.6 Å². The lowest BCUT2D eigenvalue weighted by atomic mass is 9.81. The average Bonchev–Trinajstić information content (AvgIpc) is 2.98. The molecule has 0 unspecified atom stereocenters. The van der Waals surface area contributed by atoms with E-state index in [1.165, 1.54) is 0 Å². The van der Waals surface area contributed by atoms with E-state index in [0.717, 1.165) is 18.7 Å². The van der Waals surface area contributed by atoms with Gasteiger partial charge in [-0.3, -0.25) is 14.5 Å². The second kappa shape index (κ2) is 6.84. The molecule has 1 amide bonds. The van der Waals surface area contributed by atoms with Crippen LogP contribution in [0, 0.1) is 5.92 Å². The summed E-state index contributed by atoms with van der Waals surface area (Å²) in [6.45, 7) is 1.73. The van der Waals surface area contributed by atoms with Gasteiger partial charge in [0.15, 0.2) is 0 Å². The Labute approximate surface area is 146 Å². The summed E-state index contributed by atoms with van der Waals surface area (Å²) >= 11 is 0. The molecule has 25 heavy (non-hydrogen) atoms. The van der Waals surface area contributed by atoms with Gasteiger partial charge in [0.1, 0.15) is 12.4 Å². The number of pyridine rings is 1. The molecular formula is C18H22N4O3. The Morgan fingerprint density at radius 3 is 2.96 bits per heavy atom. The number of carbonyl (C=O) groups is 1. The number of aliphatic hydroxyl groups excluding tert-OH is 1. The van der Waals surface area contributed by atoms with Gasteiger partial charge in [-0.2, -0.15) is 5.10 Å². The number of hydrogen-bond acceptors (Lipinski definition) is 5. The standard InChI is InChI=1S/C18H22N4O3/c23-16-8-13(9-16)18(24)21-11-14-3-6-20-22(14)7-4-15(21)12-25-17-2-1-5-19-10-17/h1-3,5-6,10,13,15-16,23H,4,7-9,11-12H2/t13?,15-,16?/m0/s1. The number of hydrogen-bond donors (Lipinski definition) is 1. The van der Waals surface area contributed by atoms with Crippen molar-refractivity contribution in [2.24, 2.45) is 5.92 Å². The third-order valence-corrected chi connectivity index (χ3v) is 5.07. The lowest BCUT2D eigenvalue weighted by molar-refractivity contribution is -0.146. The molecule has 4 rings (SSSR count). The molecule has 1 atom stereocenters. The van der Waals surface area contributed by atoms with E-state index in [2.05, 4.69) is 10.1 Å². The predicted octanol–water partition coefficient (Wildman–Crippen LogP) is 1.23. The zero-order chi connectivity index (χ0) is 17.2. The van der Waals surface area contributed by atoms with Gasteiger partial charge in [-0.15, -0.1) is 0 Å². The number of amides is 1. The van der Waals surface area contributed by atoms with Crippen molar-refractivity contribution >= 4 is 5.91 Å². The van der Waals surface area contributed by atoms with Crippen LogP contribution in [0.1, 0.15) is 25.0 Å². The summed E-state index contributed by atoms with van der Waals surface area (Å²) in [4.78, 5) is 18.9. The first-order chi connectivity index (χ1) is 12.2. The van der Waals surface area contributed by atoms with E-state index in [1.807, 2.05) is 27.8 Å². The van der Waals surface area contributed by atoms with Gasteiger partial charge in [0, 0.05) is 24.9 Å². The van der Waals surface area contributed by atoms with Crippen molar-refractivity contribution in [3.63, 3.8) is 0 Å². The molecule has 1 aliphatic heterocycles. The molecule has 1 N–H and O–H groups in total. The van der Waals surface area contributed by atoms with Crippen molar-refractivity contribution in [2.45, 2.75) is 44.5 Å². The Morgan fingerprint density at radius 2 is 2.20 bits per heavy atom. The summed E-state index contributed by atoms with van der Waals surface area (Å²) in [6, 6.07) is 5.63. The SMILES string of the molecule is O=C(C1CC(O)C1)N1Cc2ccnn2CC[C@H]1COc1cccnc1. The van der Waals surface area contributed by atoms with Crippen LogP contribution in [0.15, 0.2) is 36.8 Å². The Hall–Kier alpha value is -2.41. The Bertz CT molecular complexity index is 727. The highest BCUT2D eigenvalue weighted by Gasteiger charge is 2.39. The van der Waals surface area contributed by atoms with Gasteiger partial charge >= 0.3 is 0 Å². The fourth-order valence-corrected chi connectivity index (χ4v) is 3.51. The summed E-state index contributed by atoms with van der Waals surface area (Å²) in [5, 5.41) is 13.9. The van der Waals surface area contributed by atoms with Crippen molar-refractivity contribution in [3.05, 3.63) is 42.5 Å². The van der Waals surface area contributed by atoms with Crippen LogP contribution in [0.4, 0.5) is 0 Å². The van der Waals surface area contributed by atoms with E-state index in [1.54, 1.807) is 18.6 Å². The quantitative estimate of drug-likeness (QED) is 0.904. The first-order valence-electron chi connectivity index (χ1n) is 8.73. The summed E-state index contributed by atoms with van der Waals surface area (Å²) in [5.74, 6) is 0.737. The molecule has 2 aliphatic rings. The highest BCUT2D eigenvalue weighted by molar-refractivity contribution is 5.80. The molecule has 3 heterocycles. The molecule has 0 aromatic carbocycles. The molecule has 1 aliphatic carbocycles. The van der Waals surface area contributed by atoms with Crippen LogP contribution < -0.4 is 4.74 Å². The third-order valence-electron chi connectivity index (χ3n) is 5.07. The molecule has 1 saturated carbocycles. The molecule has 0 spiro atoms. The molecule has 0 saturated heterocycles. The van der Waals surface area contributed by atoms with Crippen LogP contribution in [-0.4, -0.2) is 49.4 Å². The van der Waals surface area contributed by atoms with Crippen molar-refractivity contribution in [3.8, 4) is 5.75 Å². The van der Waals surface area contributed by atoms with E-state index in [0.29, 0.717) is 31.7 Å². The molecule has 7 nitrogen and oxygen atoms in total. The molecule has 1 fully saturated rings. The van der Waals surface area contributed by atoms with E-state index >= 15 is 0 Å². The molecule has 2 aromatic rings. The molecule has 0 radical (unpaired) electrons. The van der Waals surface area contributed by atoms with Gasteiger partial charge in [0.25, 0.3) is 0 Å². The Kier molecular flexibility index (Phi) is 4.40. The minimum Gasteiger partial charge on any atom is -0.490 e. The number of ether oxygens (including phenoxy) is 1. The average molecular weight is 342 g/mol. The highest BCUT2D eigenvalue weighted by Crippen LogP contribution is 2.31. The normalized spacial score (nSPS) is 25.6. The van der Waals surface area contributed by atoms with Gasteiger partial charge < -0.3 is 14.7 Å². The zero-order valence-corrected chi connectivity index (χ0v) is 14.0. The second-order valence-electron chi connectivity index (χ2n) is 6.78. The highest BCUT2D eigenvalue weighted by atomic mass is 16.5. The van der Waals surface area contributed by atoms with Crippen LogP contribution in [0.25, 0.3) is 0 Å². The summed E-state index contributed by atoms with van der Waals surface area (Å²) in [5.41, 5.74) is 1.04. The van der Waals surface area contributed by atoms with Gasteiger partial charge in [-0.1, -0.05) is 0 Å². The molecule has 7 heteroatoms. The van der Waals surface area contributed by atoms with E-state index in [-0.39, 0.29) is 24.0 Å². The van der Waals surface area contributed by atoms with E-state index in [9.17, 15) is 9.90 Å². The van der Waals surface area contributed by atoms with Crippen LogP contribution in [0.5, 0.6) is 5.75 Å². The van der Waals surface area contributed by atoms with Crippen LogP contribution in [-0.2, 0) is 17.9 Å². The fraction of sp³-hybridized carbons (Fsp3) is 0.500. The molecular weight excluding hydrogens is 320 g/mol. The number of aliphatic hydroxyl groups is 1. The fourth-order valence-electron chi connectivity index (χ4n) is 3.51. The maximum absolute atomic E-state index is 12.9. The lowest BCUT2D eigenvalue weighted by Crippen LogP contribution is -2.49. The van der Waals surface area contributed by atoms with Gasteiger partial charge in [0.05, 0.1) is 30.6 Å². The van der Waals surface area contributed by atoms with Crippen LogP contribution in [0.2, 0.25) is 0 Å². The molecule has 2 aromatic heterocycles. The number of fused-ring (bicyclic) bond motifs is 1. The first kappa shape index (κ1) is 16.1. The summed E-state index contributed by atoms with van der Waals surface area (Å²) in [7, 11) is 0. The number of aryl methyl sites for hydroxylation is 1. The van der Waals surface area contributed by atoms with Gasteiger partial charge in [0.2, 0.25) is 5.91 Å². The summed E-state index contributed by atoms with van der Waals surface area (Å²) in [6.07, 6.45) is 6.73. The monoisotopic (exact) mass is 342 g/mol. The molecule has 132 valence electrons. The number of nitrogens with zero attached hydrogens (tertiary/aromatic N) is 4. The third kappa shape index (κ3) is 3.37.